The van der Waals surface area contributed by atoms with E-state index in [-0.39, 0.29) is 11.9 Å². The van der Waals surface area contributed by atoms with Gasteiger partial charge in [0.1, 0.15) is 0 Å². The first kappa shape index (κ1) is 21.1. The average molecular weight is 391 g/mol. The van der Waals surface area contributed by atoms with Crippen molar-refractivity contribution in [1.29, 1.82) is 0 Å². The van der Waals surface area contributed by atoms with Crippen LogP contribution in [0.1, 0.15) is 35.8 Å². The van der Waals surface area contributed by atoms with E-state index in [0.29, 0.717) is 28.6 Å². The smallest absolute Gasteiger partial charge is 0.251 e. The average Bonchev–Trinajstić information content (AvgIpc) is 2.71. The number of benzene rings is 2. The quantitative estimate of drug-likeness (QED) is 0.698. The Bertz CT molecular complexity index is 763. The standard InChI is InChI=1S/C21H27ClN2O3/c1-5-24(6-2)18(16-9-7-8-10-17(16)22)14-23-21(25)15-11-12-19(26-3)20(13-15)27-4/h7-13,18H,5-6,14H2,1-4H3,(H,23,25). The fourth-order valence-corrected chi connectivity index (χ4v) is 3.38. The fraction of sp³-hybridized carbons (Fsp3) is 0.381. The molecule has 146 valence electrons. The van der Waals surface area contributed by atoms with Crippen LogP contribution in [-0.4, -0.2) is 44.7 Å². The van der Waals surface area contributed by atoms with Crippen LogP contribution in [0.15, 0.2) is 42.5 Å². The van der Waals surface area contributed by atoms with E-state index >= 15 is 0 Å². The number of halogens is 1. The first-order valence-electron chi connectivity index (χ1n) is 9.04. The molecule has 0 saturated heterocycles. The van der Waals surface area contributed by atoms with Gasteiger partial charge in [0.05, 0.1) is 20.3 Å². The number of likely N-dealkylation sites (N-methyl/N-ethyl adjacent to an activating group) is 1. The molecule has 1 unspecified atom stereocenters. The molecule has 0 aromatic heterocycles. The molecule has 0 aliphatic heterocycles. The van der Waals surface area contributed by atoms with Gasteiger partial charge in [0, 0.05) is 17.1 Å². The van der Waals surface area contributed by atoms with Crippen LogP contribution in [0.2, 0.25) is 5.02 Å². The van der Waals surface area contributed by atoms with Crippen molar-refractivity contribution in [2.24, 2.45) is 0 Å². The molecule has 1 N–H and O–H groups in total. The zero-order chi connectivity index (χ0) is 19.8. The van der Waals surface area contributed by atoms with Gasteiger partial charge in [-0.05, 0) is 42.9 Å². The Morgan fingerprint density at radius 3 is 2.33 bits per heavy atom. The van der Waals surface area contributed by atoms with Crippen LogP contribution < -0.4 is 14.8 Å². The summed E-state index contributed by atoms with van der Waals surface area (Å²) in [5.41, 5.74) is 1.53. The number of methoxy groups -OCH3 is 2. The van der Waals surface area contributed by atoms with Crippen molar-refractivity contribution >= 4 is 17.5 Å². The molecule has 0 spiro atoms. The third-order valence-corrected chi connectivity index (χ3v) is 4.96. The molecule has 6 heteroatoms. The van der Waals surface area contributed by atoms with Crippen molar-refractivity contribution in [3.05, 3.63) is 58.6 Å². The highest BCUT2D eigenvalue weighted by molar-refractivity contribution is 6.31. The molecule has 27 heavy (non-hydrogen) atoms. The summed E-state index contributed by atoms with van der Waals surface area (Å²) in [5, 5.41) is 3.73. The summed E-state index contributed by atoms with van der Waals surface area (Å²) in [4.78, 5) is 14.9. The van der Waals surface area contributed by atoms with Crippen molar-refractivity contribution < 1.29 is 14.3 Å². The highest BCUT2D eigenvalue weighted by atomic mass is 35.5. The molecule has 0 saturated carbocycles. The monoisotopic (exact) mass is 390 g/mol. The number of amides is 1. The Labute approximate surface area is 166 Å². The first-order chi connectivity index (χ1) is 13.0. The SMILES string of the molecule is CCN(CC)C(CNC(=O)c1ccc(OC)c(OC)c1)c1ccccc1Cl. The van der Waals surface area contributed by atoms with Crippen molar-refractivity contribution in [2.75, 3.05) is 33.9 Å². The second kappa shape index (κ2) is 10.2. The van der Waals surface area contributed by atoms with Gasteiger partial charge in [0.25, 0.3) is 5.91 Å². The fourth-order valence-electron chi connectivity index (χ4n) is 3.11. The number of carbonyl (C=O) groups is 1. The van der Waals surface area contributed by atoms with Crippen LogP contribution in [0.4, 0.5) is 0 Å². The normalized spacial score (nSPS) is 11.9. The second-order valence-electron chi connectivity index (χ2n) is 6.04. The lowest BCUT2D eigenvalue weighted by atomic mass is 10.0. The minimum absolute atomic E-state index is 0.00204. The molecule has 2 rings (SSSR count). The topological polar surface area (TPSA) is 50.8 Å². The molecule has 0 aliphatic rings. The molecule has 0 heterocycles. The molecule has 5 nitrogen and oxygen atoms in total. The number of rotatable bonds is 9. The summed E-state index contributed by atoms with van der Waals surface area (Å²) in [5.74, 6) is 0.947. The molecular weight excluding hydrogens is 364 g/mol. The number of nitrogens with zero attached hydrogens (tertiary/aromatic N) is 1. The van der Waals surface area contributed by atoms with Crippen LogP contribution in [-0.2, 0) is 0 Å². The number of nitrogens with one attached hydrogen (secondary N) is 1. The number of carbonyl (C=O) groups excluding carboxylic acids is 1. The molecule has 0 fully saturated rings. The van der Waals surface area contributed by atoms with E-state index in [1.54, 1.807) is 32.4 Å². The molecule has 0 radical (unpaired) electrons. The Hall–Kier alpha value is -2.24. The van der Waals surface area contributed by atoms with Gasteiger partial charge >= 0.3 is 0 Å². The maximum absolute atomic E-state index is 12.7. The predicted octanol–water partition coefficient (Wildman–Crippen LogP) is 4.17. The number of ether oxygens (including phenoxy) is 2. The van der Waals surface area contributed by atoms with Gasteiger partial charge in [-0.1, -0.05) is 43.6 Å². The van der Waals surface area contributed by atoms with E-state index in [1.807, 2.05) is 24.3 Å². The van der Waals surface area contributed by atoms with Crippen molar-refractivity contribution in [1.82, 2.24) is 10.2 Å². The third-order valence-electron chi connectivity index (χ3n) is 4.62. The largest absolute Gasteiger partial charge is 0.493 e. The second-order valence-corrected chi connectivity index (χ2v) is 6.45. The van der Waals surface area contributed by atoms with Crippen molar-refractivity contribution in [3.8, 4) is 11.5 Å². The Balaban J connectivity index is 2.19. The van der Waals surface area contributed by atoms with Gasteiger partial charge in [0.15, 0.2) is 11.5 Å². The van der Waals surface area contributed by atoms with Gasteiger partial charge in [0.2, 0.25) is 0 Å². The first-order valence-corrected chi connectivity index (χ1v) is 9.42. The number of hydrogen-bond donors (Lipinski definition) is 1. The zero-order valence-corrected chi connectivity index (χ0v) is 17.0. The Morgan fingerprint density at radius 1 is 1.07 bits per heavy atom. The van der Waals surface area contributed by atoms with Crippen LogP contribution in [0.25, 0.3) is 0 Å². The summed E-state index contributed by atoms with van der Waals surface area (Å²) in [7, 11) is 3.11. The molecule has 0 bridgehead atoms. The summed E-state index contributed by atoms with van der Waals surface area (Å²) >= 11 is 6.41. The van der Waals surface area contributed by atoms with Gasteiger partial charge in [-0.3, -0.25) is 9.69 Å². The van der Waals surface area contributed by atoms with Crippen LogP contribution in [0.3, 0.4) is 0 Å². The lowest BCUT2D eigenvalue weighted by Gasteiger charge is -2.31. The summed E-state index contributed by atoms with van der Waals surface area (Å²) in [6, 6.07) is 12.9. The molecule has 1 amide bonds. The van der Waals surface area contributed by atoms with Gasteiger partial charge in [-0.15, -0.1) is 0 Å². The van der Waals surface area contributed by atoms with E-state index in [4.69, 9.17) is 21.1 Å². The number of hydrogen-bond acceptors (Lipinski definition) is 4. The molecule has 2 aromatic rings. The lowest BCUT2D eigenvalue weighted by molar-refractivity contribution is 0.0934. The van der Waals surface area contributed by atoms with E-state index < -0.39 is 0 Å². The van der Waals surface area contributed by atoms with Gasteiger partial charge < -0.3 is 14.8 Å². The summed E-state index contributed by atoms with van der Waals surface area (Å²) in [6.07, 6.45) is 0. The van der Waals surface area contributed by atoms with E-state index in [0.717, 1.165) is 18.7 Å². The Kier molecular flexibility index (Phi) is 7.95. The van der Waals surface area contributed by atoms with E-state index in [2.05, 4.69) is 24.1 Å². The lowest BCUT2D eigenvalue weighted by Crippen LogP contribution is -2.38. The highest BCUT2D eigenvalue weighted by Crippen LogP contribution is 2.29. The van der Waals surface area contributed by atoms with Crippen molar-refractivity contribution in [3.63, 3.8) is 0 Å². The van der Waals surface area contributed by atoms with Crippen molar-refractivity contribution in [2.45, 2.75) is 19.9 Å². The maximum atomic E-state index is 12.7. The van der Waals surface area contributed by atoms with Crippen LogP contribution >= 0.6 is 11.6 Å². The van der Waals surface area contributed by atoms with Gasteiger partial charge in [-0.25, -0.2) is 0 Å². The summed E-state index contributed by atoms with van der Waals surface area (Å²) in [6.45, 7) is 6.38. The zero-order valence-electron chi connectivity index (χ0n) is 16.3. The predicted molar refractivity (Wildman–Crippen MR) is 109 cm³/mol. The highest BCUT2D eigenvalue weighted by Gasteiger charge is 2.21. The Morgan fingerprint density at radius 2 is 1.74 bits per heavy atom. The molecule has 2 aromatic carbocycles. The molecule has 0 aliphatic carbocycles. The van der Waals surface area contributed by atoms with Crippen LogP contribution in [0.5, 0.6) is 11.5 Å². The van der Waals surface area contributed by atoms with E-state index in [9.17, 15) is 4.79 Å². The molecule has 1 atom stereocenters. The van der Waals surface area contributed by atoms with Crippen LogP contribution in [0, 0.1) is 0 Å². The molecular formula is C21H27ClN2O3. The third kappa shape index (κ3) is 5.15. The maximum Gasteiger partial charge on any atom is 0.251 e. The van der Waals surface area contributed by atoms with E-state index in [1.165, 1.54) is 0 Å². The summed E-state index contributed by atoms with van der Waals surface area (Å²) < 4.78 is 10.5. The minimum Gasteiger partial charge on any atom is -0.493 e. The van der Waals surface area contributed by atoms with Gasteiger partial charge in [-0.2, -0.15) is 0 Å². The minimum atomic E-state index is -0.167.